The third-order valence-corrected chi connectivity index (χ3v) is 8.55. The summed E-state index contributed by atoms with van der Waals surface area (Å²) in [6, 6.07) is 0. The predicted octanol–water partition coefficient (Wildman–Crippen LogP) is 4.85. The van der Waals surface area contributed by atoms with Gasteiger partial charge in [0.05, 0.1) is 6.54 Å². The number of quaternary nitrogens is 1. The SMILES string of the molecule is CCCCCC(N=C=O)NC(=O)OCC(CC)(COC(=O)NC(CCCCC)N=C=O)C1OC(=O)[N+]12CCCCCC2N=C=O. The zero-order valence-corrected chi connectivity index (χ0v) is 26.6. The first kappa shape index (κ1) is 37.3. The van der Waals surface area contributed by atoms with E-state index in [9.17, 15) is 28.8 Å². The largest absolute Gasteiger partial charge is 0.525 e. The van der Waals surface area contributed by atoms with Crippen LogP contribution in [0, 0.1) is 5.41 Å². The van der Waals surface area contributed by atoms with Crippen molar-refractivity contribution >= 4 is 36.5 Å². The average molecular weight is 636 g/mol. The van der Waals surface area contributed by atoms with Crippen molar-refractivity contribution in [2.24, 2.45) is 20.4 Å². The molecule has 0 saturated carbocycles. The summed E-state index contributed by atoms with van der Waals surface area (Å²) >= 11 is 0. The second kappa shape index (κ2) is 19.5. The molecule has 0 aromatic rings. The van der Waals surface area contributed by atoms with E-state index >= 15 is 0 Å². The van der Waals surface area contributed by atoms with Gasteiger partial charge in [-0.15, -0.1) is 4.99 Å². The van der Waals surface area contributed by atoms with Crippen LogP contribution in [0.15, 0.2) is 15.0 Å². The summed E-state index contributed by atoms with van der Waals surface area (Å²) in [4.78, 5) is 83.6. The minimum atomic E-state index is -1.26. The Morgan fingerprint density at radius 1 is 0.889 bits per heavy atom. The topological polar surface area (TPSA) is 191 Å². The van der Waals surface area contributed by atoms with Crippen LogP contribution in [0.3, 0.4) is 0 Å². The minimum absolute atomic E-state index is 0.224. The zero-order valence-electron chi connectivity index (χ0n) is 26.6. The molecule has 2 fully saturated rings. The van der Waals surface area contributed by atoms with Crippen LogP contribution < -0.4 is 10.6 Å². The van der Waals surface area contributed by atoms with Crippen molar-refractivity contribution in [2.45, 2.75) is 129 Å². The number of ether oxygens (including phenoxy) is 3. The summed E-state index contributed by atoms with van der Waals surface area (Å²) in [5, 5.41) is 5.11. The van der Waals surface area contributed by atoms with Crippen molar-refractivity contribution in [1.82, 2.24) is 10.6 Å². The van der Waals surface area contributed by atoms with Crippen molar-refractivity contribution in [3.8, 4) is 0 Å². The molecule has 5 unspecified atom stereocenters. The number of hydrogen-bond acceptors (Lipinski definition) is 12. The lowest BCUT2D eigenvalue weighted by atomic mass is 9.81. The fraction of sp³-hybridized carbons (Fsp3) is 0.800. The molecule has 0 aromatic heterocycles. The van der Waals surface area contributed by atoms with E-state index in [1.54, 1.807) is 13.0 Å². The highest BCUT2D eigenvalue weighted by molar-refractivity contribution is 5.69. The number of nitrogens with one attached hydrogen (secondary N) is 2. The lowest BCUT2D eigenvalue weighted by Gasteiger charge is -2.55. The molecular formula is C30H47N6O9+. The van der Waals surface area contributed by atoms with Gasteiger partial charge in [0.15, 0.2) is 0 Å². The van der Waals surface area contributed by atoms with Crippen LogP contribution in [-0.4, -0.2) is 85.5 Å². The van der Waals surface area contributed by atoms with E-state index < -0.39 is 48.4 Å². The summed E-state index contributed by atoms with van der Waals surface area (Å²) < 4.78 is 16.7. The van der Waals surface area contributed by atoms with Crippen molar-refractivity contribution < 1.29 is 47.5 Å². The van der Waals surface area contributed by atoms with Crippen LogP contribution in [0.4, 0.5) is 14.4 Å². The molecular weight excluding hydrogens is 588 g/mol. The maximum atomic E-state index is 13.2. The van der Waals surface area contributed by atoms with E-state index in [1.165, 1.54) is 12.2 Å². The monoisotopic (exact) mass is 635 g/mol. The second-order valence-electron chi connectivity index (χ2n) is 11.6. The summed E-state index contributed by atoms with van der Waals surface area (Å²) in [6.45, 7) is 5.43. The van der Waals surface area contributed by atoms with Gasteiger partial charge in [0.2, 0.25) is 24.4 Å². The number of cyclic esters (lactones) is 1. The van der Waals surface area contributed by atoms with E-state index in [2.05, 4.69) is 25.6 Å². The molecule has 2 rings (SSSR count). The van der Waals surface area contributed by atoms with Crippen LogP contribution >= 0.6 is 0 Å². The smallest absolute Gasteiger partial charge is 0.448 e. The van der Waals surface area contributed by atoms with Crippen LogP contribution in [0.2, 0.25) is 0 Å². The fourth-order valence-electron chi connectivity index (χ4n) is 5.90. The Morgan fingerprint density at radius 3 is 1.89 bits per heavy atom. The zero-order chi connectivity index (χ0) is 33.1. The van der Waals surface area contributed by atoms with Gasteiger partial charge in [-0.3, -0.25) is 10.6 Å². The Kier molecular flexibility index (Phi) is 16.2. The van der Waals surface area contributed by atoms with E-state index in [0.29, 0.717) is 32.2 Å². The number of amides is 3. The molecule has 1 spiro atoms. The highest BCUT2D eigenvalue weighted by Gasteiger charge is 2.70. The molecule has 3 amide bonds. The van der Waals surface area contributed by atoms with Gasteiger partial charge in [-0.1, -0.05) is 46.5 Å². The normalized spacial score (nSPS) is 23.1. The van der Waals surface area contributed by atoms with Crippen molar-refractivity contribution in [1.29, 1.82) is 0 Å². The predicted molar refractivity (Wildman–Crippen MR) is 160 cm³/mol. The lowest BCUT2D eigenvalue weighted by Crippen LogP contribution is -2.79. The summed E-state index contributed by atoms with van der Waals surface area (Å²) in [5.74, 6) is 0. The van der Waals surface area contributed by atoms with E-state index in [-0.39, 0.29) is 24.1 Å². The molecule has 2 aliphatic heterocycles. The third-order valence-electron chi connectivity index (χ3n) is 8.55. The van der Waals surface area contributed by atoms with Crippen molar-refractivity contribution in [3.63, 3.8) is 0 Å². The van der Waals surface area contributed by atoms with Gasteiger partial charge in [0.25, 0.3) is 6.23 Å². The van der Waals surface area contributed by atoms with Gasteiger partial charge in [-0.25, -0.2) is 24.0 Å². The standard InChI is InChI=1S/C30H46N6O9/c1-4-7-10-14-23(31-20-37)34-27(40)43-18-30(6-3,19-44-28(41)35-24(32-21-38)15-11-8-5-2)26-36(29(42)45-26)17-13-9-12-16-25(36)33-22-39/h23-26H,4-19H2,1-3H3,(H-,34,35,40,41)/p+1. The van der Waals surface area contributed by atoms with E-state index in [0.717, 1.165) is 51.4 Å². The molecule has 0 bridgehead atoms. The van der Waals surface area contributed by atoms with Gasteiger partial charge < -0.3 is 14.2 Å². The maximum Gasteiger partial charge on any atom is 0.525 e. The highest BCUT2D eigenvalue weighted by atomic mass is 16.6. The Morgan fingerprint density at radius 2 is 1.44 bits per heavy atom. The van der Waals surface area contributed by atoms with Crippen LogP contribution in [0.5, 0.6) is 0 Å². The minimum Gasteiger partial charge on any atom is -0.448 e. The molecule has 0 aliphatic carbocycles. The van der Waals surface area contributed by atoms with Crippen LogP contribution in [-0.2, 0) is 28.6 Å². The fourth-order valence-corrected chi connectivity index (χ4v) is 5.90. The molecule has 5 atom stereocenters. The number of isocyanates is 3. The molecule has 0 radical (unpaired) electrons. The molecule has 45 heavy (non-hydrogen) atoms. The maximum absolute atomic E-state index is 13.2. The number of alkyl carbamates (subject to hydrolysis) is 2. The first-order valence-corrected chi connectivity index (χ1v) is 15.9. The first-order chi connectivity index (χ1) is 21.8. The van der Waals surface area contributed by atoms with Crippen molar-refractivity contribution in [3.05, 3.63) is 0 Å². The van der Waals surface area contributed by atoms with Gasteiger partial charge in [-0.05, 0) is 51.4 Å². The number of rotatable bonds is 19. The first-order valence-electron chi connectivity index (χ1n) is 15.9. The van der Waals surface area contributed by atoms with E-state index in [4.69, 9.17) is 14.2 Å². The van der Waals surface area contributed by atoms with E-state index in [1.807, 2.05) is 13.8 Å². The molecule has 2 aliphatic rings. The number of carbonyl (C=O) groups is 3. The Bertz CT molecular complexity index is 1080. The number of aliphatic imine (C=N–C) groups is 3. The number of unbranched alkanes of at least 4 members (excludes halogenated alkanes) is 4. The van der Waals surface area contributed by atoms with Gasteiger partial charge in [-0.2, -0.15) is 19.3 Å². The molecule has 15 nitrogen and oxygen atoms in total. The molecule has 2 saturated heterocycles. The number of carbonyl (C=O) groups excluding carboxylic acids is 6. The Hall–Kier alpha value is -3.89. The quantitative estimate of drug-likeness (QED) is 0.0656. The van der Waals surface area contributed by atoms with Crippen LogP contribution in [0.1, 0.15) is 104 Å². The average Bonchev–Trinajstić information content (AvgIpc) is 3.25. The molecule has 15 heteroatoms. The summed E-state index contributed by atoms with van der Waals surface area (Å²) in [6.07, 6.45) is 7.57. The lowest BCUT2D eigenvalue weighted by molar-refractivity contribution is -0.978. The summed E-state index contributed by atoms with van der Waals surface area (Å²) in [5.41, 5.74) is -1.26. The van der Waals surface area contributed by atoms with Crippen LogP contribution in [0.25, 0.3) is 0 Å². The highest BCUT2D eigenvalue weighted by Crippen LogP contribution is 2.47. The van der Waals surface area contributed by atoms with Crippen molar-refractivity contribution in [2.75, 3.05) is 19.8 Å². The molecule has 250 valence electrons. The van der Waals surface area contributed by atoms with Gasteiger partial charge >= 0.3 is 18.3 Å². The van der Waals surface area contributed by atoms with Gasteiger partial charge in [0, 0.05) is 6.42 Å². The number of hydrogen-bond donors (Lipinski definition) is 2. The van der Waals surface area contributed by atoms with Gasteiger partial charge in [0.1, 0.15) is 31.0 Å². The number of nitrogens with zero attached hydrogens (tertiary/aromatic N) is 4. The Labute approximate surface area is 263 Å². The molecule has 0 aromatic carbocycles. The second-order valence-corrected chi connectivity index (χ2v) is 11.6. The third kappa shape index (κ3) is 10.3. The summed E-state index contributed by atoms with van der Waals surface area (Å²) in [7, 11) is 0. The molecule has 2 N–H and O–H groups in total. The molecule has 2 heterocycles. The Balaban J connectivity index is 2.34.